The van der Waals surface area contributed by atoms with Crippen molar-refractivity contribution in [3.8, 4) is 0 Å². The van der Waals surface area contributed by atoms with Crippen molar-refractivity contribution in [3.63, 3.8) is 0 Å². The van der Waals surface area contributed by atoms with E-state index >= 15 is 0 Å². The molecule has 1 rings (SSSR count). The predicted octanol–water partition coefficient (Wildman–Crippen LogP) is 5.66. The van der Waals surface area contributed by atoms with Crippen LogP contribution in [-0.2, 0) is 14.3 Å². The molecule has 1 aliphatic rings. The van der Waals surface area contributed by atoms with E-state index in [0.29, 0.717) is 12.2 Å². The Morgan fingerprint density at radius 2 is 1.22 bits per heavy atom. The highest BCUT2D eigenvalue weighted by atomic mass is 16.5. The first-order chi connectivity index (χ1) is 12.5. The fourth-order valence-electron chi connectivity index (χ4n) is 3.20. The molecule has 0 aliphatic heterocycles. The van der Waals surface area contributed by atoms with E-state index in [0.717, 1.165) is 64.2 Å². The first kappa shape index (κ1) is 23.9. The van der Waals surface area contributed by atoms with E-state index < -0.39 is 22.8 Å². The Hall–Kier alpha value is -1.10. The van der Waals surface area contributed by atoms with Gasteiger partial charge in [0.15, 0.2) is 0 Å². The lowest BCUT2D eigenvalue weighted by Gasteiger charge is -2.21. The average Bonchev–Trinajstić information content (AvgIpc) is 3.37. The first-order valence-electron chi connectivity index (χ1n) is 10.7. The molecule has 0 bridgehead atoms. The van der Waals surface area contributed by atoms with Crippen molar-refractivity contribution in [2.24, 2.45) is 10.8 Å². The average molecular weight is 385 g/mol. The molecule has 0 aromatic rings. The maximum Gasteiger partial charge on any atom is 0.309 e. The lowest BCUT2D eigenvalue weighted by Crippen LogP contribution is -2.23. The molecule has 2 N–H and O–H groups in total. The van der Waals surface area contributed by atoms with Gasteiger partial charge in [0.05, 0.1) is 23.0 Å². The van der Waals surface area contributed by atoms with E-state index in [1.165, 1.54) is 12.8 Å². The maximum atomic E-state index is 11.1. The summed E-state index contributed by atoms with van der Waals surface area (Å²) < 4.78 is 6.14. The van der Waals surface area contributed by atoms with Crippen LogP contribution < -0.4 is 0 Å². The normalized spacial score (nSPS) is 15.3. The molecule has 0 aromatic carbocycles. The zero-order chi connectivity index (χ0) is 20.5. The number of rotatable bonds is 16. The van der Waals surface area contributed by atoms with Gasteiger partial charge in [-0.05, 0) is 66.2 Å². The van der Waals surface area contributed by atoms with Gasteiger partial charge in [-0.25, -0.2) is 0 Å². The Morgan fingerprint density at radius 1 is 0.815 bits per heavy atom. The van der Waals surface area contributed by atoms with Gasteiger partial charge in [-0.1, -0.05) is 38.5 Å². The van der Waals surface area contributed by atoms with E-state index in [-0.39, 0.29) is 0 Å². The van der Waals surface area contributed by atoms with Crippen LogP contribution in [0.2, 0.25) is 0 Å². The number of unbranched alkanes of at least 4 members (excludes halogenated alkanes) is 4. The lowest BCUT2D eigenvalue weighted by molar-refractivity contribution is -0.148. The third kappa shape index (κ3) is 10.1. The second-order valence-corrected chi connectivity index (χ2v) is 9.53. The predicted molar refractivity (Wildman–Crippen MR) is 107 cm³/mol. The summed E-state index contributed by atoms with van der Waals surface area (Å²) in [4.78, 5) is 22.3. The summed E-state index contributed by atoms with van der Waals surface area (Å²) in [7, 11) is 0. The number of carbonyl (C=O) groups is 2. The third-order valence-corrected chi connectivity index (χ3v) is 5.72. The Balaban J connectivity index is 2.19. The molecule has 1 saturated carbocycles. The number of carboxylic acid groups (broad SMARTS) is 2. The topological polar surface area (TPSA) is 83.8 Å². The summed E-state index contributed by atoms with van der Waals surface area (Å²) in [6.07, 6.45) is 12.8. The first-order valence-corrected chi connectivity index (χ1v) is 10.7. The molecule has 0 amide bonds. The quantitative estimate of drug-likeness (QED) is 0.336. The Kier molecular flexibility index (Phi) is 9.78. The molecule has 27 heavy (non-hydrogen) atoms. The number of carboxylic acids is 2. The summed E-state index contributed by atoms with van der Waals surface area (Å²) in [6.45, 7) is 7.17. The van der Waals surface area contributed by atoms with Crippen LogP contribution in [-0.4, -0.2) is 34.4 Å². The van der Waals surface area contributed by atoms with Gasteiger partial charge in [-0.15, -0.1) is 0 Å². The number of ether oxygens (including phenoxy) is 1. The third-order valence-electron chi connectivity index (χ3n) is 5.72. The summed E-state index contributed by atoms with van der Waals surface area (Å²) in [5.41, 5.74) is -1.26. The Labute approximate surface area is 164 Å². The molecule has 0 saturated heterocycles. The van der Waals surface area contributed by atoms with Crippen LogP contribution in [0, 0.1) is 10.8 Å². The van der Waals surface area contributed by atoms with Gasteiger partial charge in [0.2, 0.25) is 0 Å². The van der Waals surface area contributed by atoms with Gasteiger partial charge in [-0.2, -0.15) is 0 Å². The molecule has 0 atom stereocenters. The standard InChI is InChI=1S/C22H40O5/c1-21(2,19(23)24)15-9-5-7-11-17(27-18-13-14-18)12-8-6-10-16-22(3,4)20(25)26/h17-18H,5-16H2,1-4H3,(H,23,24)(H,25,26). The highest BCUT2D eigenvalue weighted by molar-refractivity contribution is 5.73. The van der Waals surface area contributed by atoms with Crippen molar-refractivity contribution >= 4 is 11.9 Å². The fraction of sp³-hybridized carbons (Fsp3) is 0.909. The minimum absolute atomic E-state index is 0.303. The van der Waals surface area contributed by atoms with E-state index in [2.05, 4.69) is 0 Å². The number of aliphatic carboxylic acids is 2. The monoisotopic (exact) mass is 384 g/mol. The SMILES string of the molecule is CC(C)(CCCCCC(CCCCCC(C)(C)C(=O)O)OC1CC1)C(=O)O. The van der Waals surface area contributed by atoms with Crippen molar-refractivity contribution in [2.75, 3.05) is 0 Å². The fourth-order valence-corrected chi connectivity index (χ4v) is 3.20. The molecule has 1 fully saturated rings. The summed E-state index contributed by atoms with van der Waals surface area (Å²) in [5, 5.41) is 18.3. The van der Waals surface area contributed by atoms with Gasteiger partial charge in [0.25, 0.3) is 0 Å². The zero-order valence-corrected chi connectivity index (χ0v) is 17.8. The van der Waals surface area contributed by atoms with E-state index in [9.17, 15) is 9.59 Å². The zero-order valence-electron chi connectivity index (χ0n) is 17.8. The molecular weight excluding hydrogens is 344 g/mol. The van der Waals surface area contributed by atoms with Crippen molar-refractivity contribution in [3.05, 3.63) is 0 Å². The van der Waals surface area contributed by atoms with Crippen LogP contribution in [0.3, 0.4) is 0 Å². The molecule has 158 valence electrons. The lowest BCUT2D eigenvalue weighted by atomic mass is 9.86. The van der Waals surface area contributed by atoms with Crippen molar-refractivity contribution < 1.29 is 24.5 Å². The minimum atomic E-state index is -0.719. The maximum absolute atomic E-state index is 11.1. The molecule has 0 heterocycles. The number of hydrogen-bond donors (Lipinski definition) is 2. The van der Waals surface area contributed by atoms with Gasteiger partial charge in [-0.3, -0.25) is 9.59 Å². The largest absolute Gasteiger partial charge is 0.481 e. The second kappa shape index (κ2) is 11.0. The second-order valence-electron chi connectivity index (χ2n) is 9.53. The van der Waals surface area contributed by atoms with Gasteiger partial charge >= 0.3 is 11.9 Å². The highest BCUT2D eigenvalue weighted by Crippen LogP contribution is 2.30. The van der Waals surface area contributed by atoms with Crippen LogP contribution in [0.5, 0.6) is 0 Å². The van der Waals surface area contributed by atoms with E-state index in [1.54, 1.807) is 27.7 Å². The number of hydrogen-bond acceptors (Lipinski definition) is 3. The van der Waals surface area contributed by atoms with Gasteiger partial charge in [0, 0.05) is 0 Å². The van der Waals surface area contributed by atoms with Crippen molar-refractivity contribution in [2.45, 2.75) is 117 Å². The summed E-state index contributed by atoms with van der Waals surface area (Å²) in [5.74, 6) is -1.44. The van der Waals surface area contributed by atoms with Crippen LogP contribution in [0.4, 0.5) is 0 Å². The molecule has 0 spiro atoms. The molecule has 1 aliphatic carbocycles. The van der Waals surface area contributed by atoms with Crippen LogP contribution in [0.25, 0.3) is 0 Å². The molecule has 5 heteroatoms. The van der Waals surface area contributed by atoms with Crippen molar-refractivity contribution in [1.82, 2.24) is 0 Å². The Morgan fingerprint density at radius 3 is 1.56 bits per heavy atom. The van der Waals surface area contributed by atoms with E-state index in [4.69, 9.17) is 14.9 Å². The molecule has 0 unspecified atom stereocenters. The van der Waals surface area contributed by atoms with Crippen LogP contribution in [0.15, 0.2) is 0 Å². The smallest absolute Gasteiger partial charge is 0.309 e. The van der Waals surface area contributed by atoms with Crippen molar-refractivity contribution in [1.29, 1.82) is 0 Å². The highest BCUT2D eigenvalue weighted by Gasteiger charge is 2.28. The Bertz CT molecular complexity index is 429. The van der Waals surface area contributed by atoms with Crippen LogP contribution >= 0.6 is 0 Å². The molecular formula is C22H40O5. The molecule has 0 aromatic heterocycles. The van der Waals surface area contributed by atoms with Gasteiger partial charge in [0.1, 0.15) is 0 Å². The van der Waals surface area contributed by atoms with Crippen LogP contribution in [0.1, 0.15) is 105 Å². The van der Waals surface area contributed by atoms with E-state index in [1.807, 2.05) is 0 Å². The van der Waals surface area contributed by atoms with Gasteiger partial charge < -0.3 is 14.9 Å². The summed E-state index contributed by atoms with van der Waals surface area (Å²) >= 11 is 0. The molecule has 5 nitrogen and oxygen atoms in total. The minimum Gasteiger partial charge on any atom is -0.481 e. The summed E-state index contributed by atoms with van der Waals surface area (Å²) in [6, 6.07) is 0. The molecule has 0 radical (unpaired) electrons.